The van der Waals surface area contributed by atoms with Crippen LogP contribution in [0.1, 0.15) is 25.7 Å². The van der Waals surface area contributed by atoms with Crippen LogP contribution in [0.2, 0.25) is 0 Å². The highest BCUT2D eigenvalue weighted by Crippen LogP contribution is 2.34. The van der Waals surface area contributed by atoms with Crippen LogP contribution in [0.3, 0.4) is 0 Å². The number of nitrogens with one attached hydrogen (secondary N) is 2. The first-order valence-electron chi connectivity index (χ1n) is 6.57. The molecule has 3 N–H and O–H groups in total. The molecule has 0 radical (unpaired) electrons. The lowest BCUT2D eigenvalue weighted by molar-refractivity contribution is -0.139. The highest BCUT2D eigenvalue weighted by atomic mass is 32.2. The molecule has 1 saturated carbocycles. The zero-order chi connectivity index (χ0) is 13.7. The number of carbonyl (C=O) groups is 2. The normalized spacial score (nSPS) is 25.2. The molecule has 1 aliphatic heterocycles. The molecule has 1 saturated heterocycles. The Morgan fingerprint density at radius 2 is 2.11 bits per heavy atom. The number of aliphatic carboxylic acids is 1. The molecule has 0 aromatic rings. The van der Waals surface area contributed by atoms with Gasteiger partial charge >= 0.3 is 12.0 Å². The number of hydrogen-bond donors (Lipinski definition) is 3. The molecule has 0 spiro atoms. The smallest absolute Gasteiger partial charge is 0.315 e. The number of rotatable bonds is 5. The van der Waals surface area contributed by atoms with E-state index < -0.39 is 11.5 Å². The predicted octanol–water partition coefficient (Wildman–Crippen LogP) is 1.53. The quantitative estimate of drug-likeness (QED) is 0.718. The molecule has 2 amide bonds. The highest BCUT2D eigenvalue weighted by Gasteiger charge is 2.40. The second-order valence-electron chi connectivity index (χ2n) is 5.11. The Bertz CT molecular complexity index is 342. The minimum absolute atomic E-state index is 0.0223. The number of carbonyl (C=O) groups excluding carboxylic acids is 1. The van der Waals surface area contributed by atoms with Crippen LogP contribution in [0.15, 0.2) is 0 Å². The molecule has 19 heavy (non-hydrogen) atoms. The average molecular weight is 304 g/mol. The SMILES string of the molecule is O=C(O)CC1(NC(=O)NCC2CSCCS2)CCC1. The zero-order valence-electron chi connectivity index (χ0n) is 10.8. The van der Waals surface area contributed by atoms with E-state index in [0.29, 0.717) is 11.8 Å². The van der Waals surface area contributed by atoms with Gasteiger partial charge in [0.15, 0.2) is 0 Å². The van der Waals surface area contributed by atoms with E-state index in [4.69, 9.17) is 5.11 Å². The predicted molar refractivity (Wildman–Crippen MR) is 78.9 cm³/mol. The summed E-state index contributed by atoms with van der Waals surface area (Å²) in [6.45, 7) is 0.659. The van der Waals surface area contributed by atoms with Crippen molar-refractivity contribution in [3.63, 3.8) is 0 Å². The van der Waals surface area contributed by atoms with Crippen molar-refractivity contribution in [2.75, 3.05) is 23.8 Å². The van der Waals surface area contributed by atoms with Gasteiger partial charge in [-0.1, -0.05) is 0 Å². The van der Waals surface area contributed by atoms with E-state index in [9.17, 15) is 9.59 Å². The lowest BCUT2D eigenvalue weighted by Crippen LogP contribution is -2.57. The second kappa shape index (κ2) is 6.74. The molecule has 0 bridgehead atoms. The minimum Gasteiger partial charge on any atom is -0.481 e. The van der Waals surface area contributed by atoms with Gasteiger partial charge in [0.05, 0.1) is 12.0 Å². The maximum Gasteiger partial charge on any atom is 0.315 e. The maximum absolute atomic E-state index is 11.8. The van der Waals surface area contributed by atoms with Crippen LogP contribution >= 0.6 is 23.5 Å². The van der Waals surface area contributed by atoms with Crippen LogP contribution < -0.4 is 10.6 Å². The van der Waals surface area contributed by atoms with E-state index >= 15 is 0 Å². The highest BCUT2D eigenvalue weighted by molar-refractivity contribution is 8.06. The van der Waals surface area contributed by atoms with Gasteiger partial charge < -0.3 is 15.7 Å². The molecule has 108 valence electrons. The first-order valence-corrected chi connectivity index (χ1v) is 8.77. The fourth-order valence-electron chi connectivity index (χ4n) is 2.39. The van der Waals surface area contributed by atoms with E-state index in [0.717, 1.165) is 30.8 Å². The molecule has 7 heteroatoms. The Kier molecular flexibility index (Phi) is 5.27. The summed E-state index contributed by atoms with van der Waals surface area (Å²) < 4.78 is 0. The molecular weight excluding hydrogens is 284 g/mol. The number of amides is 2. The third kappa shape index (κ3) is 4.49. The maximum atomic E-state index is 11.8. The minimum atomic E-state index is -0.848. The number of carboxylic acid groups (broad SMARTS) is 1. The van der Waals surface area contributed by atoms with E-state index in [1.165, 1.54) is 5.75 Å². The fourth-order valence-corrected chi connectivity index (χ4v) is 5.00. The first kappa shape index (κ1) is 14.8. The van der Waals surface area contributed by atoms with E-state index in [1.807, 2.05) is 23.5 Å². The van der Waals surface area contributed by atoms with Crippen LogP contribution in [0.5, 0.6) is 0 Å². The van der Waals surface area contributed by atoms with Gasteiger partial charge in [-0.25, -0.2) is 4.79 Å². The summed E-state index contributed by atoms with van der Waals surface area (Å²) >= 11 is 3.82. The average Bonchev–Trinajstić information content (AvgIpc) is 2.34. The van der Waals surface area contributed by atoms with Crippen molar-refractivity contribution in [3.05, 3.63) is 0 Å². The molecule has 1 unspecified atom stereocenters. The van der Waals surface area contributed by atoms with Crippen molar-refractivity contribution < 1.29 is 14.7 Å². The second-order valence-corrected chi connectivity index (χ2v) is 7.67. The van der Waals surface area contributed by atoms with Crippen LogP contribution in [0.4, 0.5) is 4.79 Å². The van der Waals surface area contributed by atoms with Crippen LogP contribution in [-0.2, 0) is 4.79 Å². The Hall–Kier alpha value is -0.560. The topological polar surface area (TPSA) is 78.4 Å². The van der Waals surface area contributed by atoms with Gasteiger partial charge in [-0.3, -0.25) is 4.79 Å². The van der Waals surface area contributed by atoms with Gasteiger partial charge in [-0.15, -0.1) is 0 Å². The standard InChI is InChI=1S/C12H20N2O3S2/c15-10(16)6-12(2-1-3-12)14-11(17)13-7-9-8-18-4-5-19-9/h9H,1-8H2,(H,15,16)(H2,13,14,17). The summed E-state index contributed by atoms with van der Waals surface area (Å²) in [6, 6.07) is -0.225. The Balaban J connectivity index is 1.72. The van der Waals surface area contributed by atoms with Crippen molar-refractivity contribution in [1.29, 1.82) is 0 Å². The lowest BCUT2D eigenvalue weighted by Gasteiger charge is -2.41. The number of carboxylic acids is 1. The summed E-state index contributed by atoms with van der Waals surface area (Å²) in [7, 11) is 0. The van der Waals surface area contributed by atoms with Crippen LogP contribution in [0.25, 0.3) is 0 Å². The Morgan fingerprint density at radius 3 is 2.63 bits per heavy atom. The summed E-state index contributed by atoms with van der Waals surface area (Å²) in [5.41, 5.74) is -0.510. The van der Waals surface area contributed by atoms with Crippen molar-refractivity contribution in [2.45, 2.75) is 36.5 Å². The zero-order valence-corrected chi connectivity index (χ0v) is 12.4. The fraction of sp³-hybridized carbons (Fsp3) is 0.833. The van der Waals surface area contributed by atoms with Gasteiger partial charge in [0.2, 0.25) is 0 Å². The molecule has 1 aliphatic carbocycles. The molecule has 1 atom stereocenters. The summed E-state index contributed by atoms with van der Waals surface area (Å²) in [5, 5.41) is 15.1. The van der Waals surface area contributed by atoms with Gasteiger partial charge in [0, 0.05) is 29.1 Å². The van der Waals surface area contributed by atoms with Crippen LogP contribution in [-0.4, -0.2) is 51.7 Å². The number of thioether (sulfide) groups is 2. The Morgan fingerprint density at radius 1 is 1.32 bits per heavy atom. The lowest BCUT2D eigenvalue weighted by atomic mass is 9.74. The molecular formula is C12H20N2O3S2. The van der Waals surface area contributed by atoms with Crippen LogP contribution in [0, 0.1) is 0 Å². The Labute approximate surface area is 121 Å². The first-order chi connectivity index (χ1) is 9.10. The van der Waals surface area contributed by atoms with E-state index in [1.54, 1.807) is 0 Å². The number of hydrogen-bond acceptors (Lipinski definition) is 4. The van der Waals surface area contributed by atoms with Gasteiger partial charge in [0.1, 0.15) is 0 Å². The van der Waals surface area contributed by atoms with E-state index in [2.05, 4.69) is 10.6 Å². The summed E-state index contributed by atoms with van der Waals surface area (Å²) in [6.07, 6.45) is 2.54. The van der Waals surface area contributed by atoms with Crippen molar-refractivity contribution >= 4 is 35.5 Å². The molecule has 2 aliphatic rings. The van der Waals surface area contributed by atoms with Gasteiger partial charge in [-0.2, -0.15) is 23.5 Å². The summed E-state index contributed by atoms with van der Waals surface area (Å²) in [4.78, 5) is 22.7. The monoisotopic (exact) mass is 304 g/mol. The van der Waals surface area contributed by atoms with Gasteiger partial charge in [-0.05, 0) is 19.3 Å². The van der Waals surface area contributed by atoms with Crippen molar-refractivity contribution in [2.24, 2.45) is 0 Å². The third-order valence-electron chi connectivity index (χ3n) is 3.55. The molecule has 2 rings (SSSR count). The summed E-state index contributed by atoms with van der Waals surface area (Å²) in [5.74, 6) is 2.56. The molecule has 2 fully saturated rings. The molecule has 5 nitrogen and oxygen atoms in total. The molecule has 0 aromatic carbocycles. The third-order valence-corrected chi connectivity index (χ3v) is 6.40. The molecule has 0 aromatic heterocycles. The largest absolute Gasteiger partial charge is 0.481 e. The number of urea groups is 1. The van der Waals surface area contributed by atoms with E-state index in [-0.39, 0.29) is 12.5 Å². The molecule has 1 heterocycles. The van der Waals surface area contributed by atoms with Gasteiger partial charge in [0.25, 0.3) is 0 Å². The van der Waals surface area contributed by atoms with Crippen molar-refractivity contribution in [3.8, 4) is 0 Å². The van der Waals surface area contributed by atoms with Crippen molar-refractivity contribution in [1.82, 2.24) is 10.6 Å².